The maximum absolute atomic E-state index is 13.3. The van der Waals surface area contributed by atoms with E-state index in [-0.39, 0.29) is 109 Å². The van der Waals surface area contributed by atoms with E-state index < -0.39 is 79.1 Å². The molecule has 0 spiro atoms. The molecule has 0 aliphatic carbocycles. The van der Waals surface area contributed by atoms with Crippen LogP contribution in [0.15, 0.2) is 0 Å². The Balaban J connectivity index is 4.50. The van der Waals surface area contributed by atoms with Crippen molar-refractivity contribution in [2.75, 3.05) is 116 Å². The number of rotatable bonds is 36. The Labute approximate surface area is 350 Å². The van der Waals surface area contributed by atoms with Gasteiger partial charge in [-0.05, 0) is 19.1 Å². The van der Waals surface area contributed by atoms with Crippen molar-refractivity contribution in [3.63, 3.8) is 0 Å². The molecule has 0 fully saturated rings. The van der Waals surface area contributed by atoms with Crippen molar-refractivity contribution >= 4 is 88.3 Å². The highest BCUT2D eigenvalue weighted by Crippen LogP contribution is 2.05. The molecule has 1 unspecified atom stereocenters. The number of carboxylic acid groups (broad SMARTS) is 2. The van der Waals surface area contributed by atoms with Crippen molar-refractivity contribution in [3.8, 4) is 0 Å². The Hall–Kier alpha value is -4.00. The number of carbonyl (C=O) groups excluding carboxylic acids is 7. The maximum Gasteiger partial charge on any atom is 0.326 e. The smallest absolute Gasteiger partial charge is 0.326 e. The van der Waals surface area contributed by atoms with Crippen molar-refractivity contribution in [1.29, 1.82) is 0 Å². The Morgan fingerprint density at radius 2 is 1.02 bits per heavy atom. The lowest BCUT2D eigenvalue weighted by molar-refractivity contribution is -0.143. The summed E-state index contributed by atoms with van der Waals surface area (Å²) in [6.07, 6.45) is 0.713. The van der Waals surface area contributed by atoms with Crippen molar-refractivity contribution in [3.05, 3.63) is 0 Å². The van der Waals surface area contributed by atoms with Crippen LogP contribution in [-0.2, 0) is 62.1 Å². The summed E-state index contributed by atoms with van der Waals surface area (Å²) in [6, 6.07) is -2.60. The zero-order valence-electron chi connectivity index (χ0n) is 32.3. The molecule has 0 aromatic carbocycles. The molecule has 0 heterocycles. The summed E-state index contributed by atoms with van der Waals surface area (Å²) in [5.41, 5.74) is 0. The van der Waals surface area contributed by atoms with E-state index in [0.29, 0.717) is 12.3 Å². The summed E-state index contributed by atoms with van der Waals surface area (Å²) in [5.74, 6) is -6.42. The number of nitrogens with zero attached hydrogens (tertiary/aromatic N) is 1. The fraction of sp³-hybridized carbons (Fsp3) is 0.727. The molecule has 0 bridgehead atoms. The normalized spacial score (nSPS) is 11.7. The summed E-state index contributed by atoms with van der Waals surface area (Å²) in [7, 11) is 0. The highest BCUT2D eigenvalue weighted by Gasteiger charge is 2.27. The quantitative estimate of drug-likeness (QED) is 0.0228. The van der Waals surface area contributed by atoms with Crippen LogP contribution >= 0.6 is 35.0 Å². The van der Waals surface area contributed by atoms with Crippen LogP contribution < -0.4 is 31.9 Å². The van der Waals surface area contributed by atoms with Gasteiger partial charge in [0.05, 0.1) is 45.4 Å². The number of halogens is 2. The Morgan fingerprint density at radius 1 is 0.569 bits per heavy atom. The molecule has 2 atom stereocenters. The predicted octanol–water partition coefficient (Wildman–Crippen LogP) is -3.11. The molecule has 0 radical (unpaired) electrons. The molecule has 7 amide bonds. The topological polar surface area (TPSA) is 306 Å². The average Bonchev–Trinajstić information content (AvgIpc) is 3.18. The van der Waals surface area contributed by atoms with E-state index in [1.807, 2.05) is 6.26 Å². The molecule has 25 heteroatoms. The van der Waals surface area contributed by atoms with Gasteiger partial charge in [0, 0.05) is 52.1 Å². The first-order valence-electron chi connectivity index (χ1n) is 18.0. The van der Waals surface area contributed by atoms with E-state index in [1.165, 1.54) is 16.7 Å². The third kappa shape index (κ3) is 30.1. The second kappa shape index (κ2) is 35.0. The fourth-order valence-electron chi connectivity index (χ4n) is 4.40. The van der Waals surface area contributed by atoms with E-state index in [1.54, 1.807) is 0 Å². The summed E-state index contributed by atoms with van der Waals surface area (Å²) < 4.78 is 21.1. The number of carboxylic acids is 2. The first kappa shape index (κ1) is 54.0. The highest BCUT2D eigenvalue weighted by atomic mass is 35.5. The van der Waals surface area contributed by atoms with Crippen LogP contribution in [0.2, 0.25) is 0 Å². The molecule has 0 aliphatic heterocycles. The van der Waals surface area contributed by atoms with Gasteiger partial charge in [0.1, 0.15) is 37.1 Å². The van der Waals surface area contributed by atoms with Gasteiger partial charge >= 0.3 is 11.9 Å². The zero-order chi connectivity index (χ0) is 43.6. The second-order valence-corrected chi connectivity index (χ2v) is 13.2. The number of ether oxygens (including phenoxy) is 4. The lowest BCUT2D eigenvalue weighted by Gasteiger charge is -2.28. The van der Waals surface area contributed by atoms with Crippen molar-refractivity contribution in [2.24, 2.45) is 0 Å². The van der Waals surface area contributed by atoms with Crippen LogP contribution in [0.5, 0.6) is 0 Å². The molecule has 0 saturated heterocycles. The zero-order valence-corrected chi connectivity index (χ0v) is 34.6. The van der Waals surface area contributed by atoms with E-state index in [4.69, 9.17) is 47.3 Å². The number of amides is 7. The van der Waals surface area contributed by atoms with Gasteiger partial charge in [0.2, 0.25) is 41.4 Å². The molecule has 58 heavy (non-hydrogen) atoms. The van der Waals surface area contributed by atoms with Gasteiger partial charge in [-0.3, -0.25) is 38.4 Å². The third-order valence-electron chi connectivity index (χ3n) is 7.16. The minimum Gasteiger partial charge on any atom is -0.481 e. The van der Waals surface area contributed by atoms with Crippen LogP contribution in [0.1, 0.15) is 25.7 Å². The predicted molar refractivity (Wildman–Crippen MR) is 209 cm³/mol. The molecule has 0 aliphatic rings. The van der Waals surface area contributed by atoms with E-state index >= 15 is 0 Å². The number of aliphatic carboxylic acids is 2. The number of hydrogen-bond donors (Lipinski definition) is 8. The highest BCUT2D eigenvalue weighted by molar-refractivity contribution is 7.99. The van der Waals surface area contributed by atoms with Crippen LogP contribution in [0.25, 0.3) is 0 Å². The summed E-state index contributed by atoms with van der Waals surface area (Å²) in [4.78, 5) is 109. The number of carbonyl (C=O) groups is 9. The fourth-order valence-corrected chi connectivity index (χ4v) is 4.96. The second-order valence-electron chi connectivity index (χ2n) is 11.8. The first-order valence-corrected chi connectivity index (χ1v) is 20.5. The van der Waals surface area contributed by atoms with Gasteiger partial charge in [-0.25, -0.2) is 4.79 Å². The van der Waals surface area contributed by atoms with Crippen LogP contribution in [0, 0.1) is 0 Å². The molecule has 332 valence electrons. The van der Waals surface area contributed by atoms with Gasteiger partial charge in [0.25, 0.3) is 0 Å². The summed E-state index contributed by atoms with van der Waals surface area (Å²) in [5, 5.41) is 33.5. The van der Waals surface area contributed by atoms with Crippen molar-refractivity contribution in [2.45, 2.75) is 37.8 Å². The molecule has 0 aromatic rings. The van der Waals surface area contributed by atoms with E-state index in [2.05, 4.69) is 31.9 Å². The number of thioether (sulfide) groups is 1. The van der Waals surface area contributed by atoms with Gasteiger partial charge < -0.3 is 66.0 Å². The molecule has 0 saturated carbocycles. The van der Waals surface area contributed by atoms with E-state index in [9.17, 15) is 48.3 Å². The number of hydrogen-bond acceptors (Lipinski definition) is 14. The molecule has 8 N–H and O–H groups in total. The van der Waals surface area contributed by atoms with Gasteiger partial charge in [-0.2, -0.15) is 11.8 Å². The summed E-state index contributed by atoms with van der Waals surface area (Å²) >= 11 is 12.4. The van der Waals surface area contributed by atoms with Gasteiger partial charge in [-0.1, -0.05) is 0 Å². The largest absolute Gasteiger partial charge is 0.481 e. The van der Waals surface area contributed by atoms with E-state index in [0.717, 1.165) is 0 Å². The first-order chi connectivity index (χ1) is 27.7. The Morgan fingerprint density at radius 3 is 1.48 bits per heavy atom. The third-order valence-corrected chi connectivity index (χ3v) is 8.20. The standard InChI is InChI=1S/C33H55Cl2N7O15S/c1-58-22-30(48)39-9-13-55-15-17-57-21-29(47)41-24(33(52)53)2-4-25(43)38-8-12-54-14-16-56-20-28(46)40-23(3-5-31(49)50)32(51)42(10-6-36-26(44)18-34)11-7-37-27(45)19-35/h23-24H,2-22H2,1H3,(H,36,44)(H,37,45)(H,38,43)(H,39,48)(H,40,46)(H,41,47)(H,49,50)(H,52,53)/t23-,24?/m1/s1. The molecular formula is C33H55Cl2N7O15S. The lowest BCUT2D eigenvalue weighted by atomic mass is 10.1. The minimum atomic E-state index is -1.33. The van der Waals surface area contributed by atoms with Crippen LogP contribution in [0.3, 0.4) is 0 Å². The Bertz CT molecular complexity index is 1280. The van der Waals surface area contributed by atoms with Gasteiger partial charge in [0.15, 0.2) is 0 Å². The molecule has 0 aromatic heterocycles. The lowest BCUT2D eigenvalue weighted by Crippen LogP contribution is -2.52. The monoisotopic (exact) mass is 891 g/mol. The summed E-state index contributed by atoms with van der Waals surface area (Å²) in [6.45, 7) is -0.113. The number of nitrogens with one attached hydrogen (secondary N) is 6. The van der Waals surface area contributed by atoms with Crippen molar-refractivity contribution in [1.82, 2.24) is 36.8 Å². The van der Waals surface area contributed by atoms with Gasteiger partial charge in [-0.15, -0.1) is 23.2 Å². The maximum atomic E-state index is 13.3. The van der Waals surface area contributed by atoms with Crippen molar-refractivity contribution < 1.29 is 72.3 Å². The molecular weight excluding hydrogens is 837 g/mol. The molecule has 22 nitrogen and oxygen atoms in total. The SMILES string of the molecule is CSCC(=O)NCCOCCOCC(=O)NC(CCC(=O)NCCOCCOCC(=O)N[C@H](CCC(=O)O)C(=O)N(CCNC(=O)CCl)CCNC(=O)CCl)C(=O)O. The Kier molecular flexibility index (Phi) is 32.6. The van der Waals surface area contributed by atoms with Crippen LogP contribution in [-0.4, -0.2) is 196 Å². The minimum absolute atomic E-state index is 0.00275. The average molecular weight is 893 g/mol. The van der Waals surface area contributed by atoms with Crippen LogP contribution in [0.4, 0.5) is 0 Å². The number of alkyl halides is 2. The molecule has 0 rings (SSSR count).